The molecule has 1 aliphatic rings. The van der Waals surface area contributed by atoms with E-state index in [-0.39, 0.29) is 0 Å². The molecule has 2 heterocycles. The summed E-state index contributed by atoms with van der Waals surface area (Å²) in [5, 5.41) is 6.17. The van der Waals surface area contributed by atoms with Crippen LogP contribution in [-0.4, -0.2) is 34.2 Å². The Labute approximate surface area is 145 Å². The molecule has 1 aromatic heterocycles. The first-order valence-electron chi connectivity index (χ1n) is 7.43. The Hall–Kier alpha value is -1.07. The van der Waals surface area contributed by atoms with E-state index in [1.807, 2.05) is 38.6 Å². The van der Waals surface area contributed by atoms with Crippen molar-refractivity contribution in [1.29, 1.82) is 0 Å². The smallest absolute Gasteiger partial charge is 0.209 e. The molecule has 22 heavy (non-hydrogen) atoms. The molecule has 1 aromatic carbocycles. The molecule has 1 amide bonds. The van der Waals surface area contributed by atoms with Crippen LogP contribution >= 0.6 is 27.5 Å². The number of halogens is 2. The molecular weight excluding hydrogens is 366 g/mol. The summed E-state index contributed by atoms with van der Waals surface area (Å²) in [6, 6.07) is 1.95. The van der Waals surface area contributed by atoms with Crippen LogP contribution in [0.1, 0.15) is 31.4 Å². The van der Waals surface area contributed by atoms with Gasteiger partial charge in [0.15, 0.2) is 0 Å². The van der Waals surface area contributed by atoms with Gasteiger partial charge in [-0.2, -0.15) is 5.10 Å². The Morgan fingerprint density at radius 1 is 1.27 bits per heavy atom. The summed E-state index contributed by atoms with van der Waals surface area (Å²) in [4.78, 5) is 11.5. The van der Waals surface area contributed by atoms with Gasteiger partial charge in [0, 0.05) is 30.5 Å². The summed E-state index contributed by atoms with van der Waals surface area (Å²) in [7, 11) is 1.94. The molecule has 3 rings (SSSR count). The van der Waals surface area contributed by atoms with Gasteiger partial charge in [-0.25, -0.2) is 0 Å². The molecular formula is C16H23BrClN3O. The number of nitrogens with zero attached hydrogens (tertiary/aromatic N) is 3. The van der Waals surface area contributed by atoms with Gasteiger partial charge in [-0.05, 0) is 53.4 Å². The normalized spacial score (nSPS) is 12.8. The number of amides is 1. The van der Waals surface area contributed by atoms with E-state index in [0.717, 1.165) is 45.6 Å². The monoisotopic (exact) mass is 387 g/mol. The first kappa shape index (κ1) is 19.0. The van der Waals surface area contributed by atoms with E-state index in [9.17, 15) is 4.79 Å². The third-order valence-corrected chi connectivity index (χ3v) is 4.60. The van der Waals surface area contributed by atoms with E-state index >= 15 is 0 Å². The highest BCUT2D eigenvalue weighted by molar-refractivity contribution is 9.10. The molecule has 0 spiro atoms. The van der Waals surface area contributed by atoms with Crippen LogP contribution in [0.5, 0.6) is 0 Å². The van der Waals surface area contributed by atoms with E-state index in [2.05, 4.69) is 28.0 Å². The highest BCUT2D eigenvalue weighted by Crippen LogP contribution is 2.31. The van der Waals surface area contributed by atoms with Gasteiger partial charge < -0.3 is 4.90 Å². The average molecular weight is 389 g/mol. The van der Waals surface area contributed by atoms with Gasteiger partial charge in [0.1, 0.15) is 4.60 Å². The van der Waals surface area contributed by atoms with Crippen LogP contribution in [0.2, 0.25) is 5.02 Å². The molecule has 2 aromatic rings. The van der Waals surface area contributed by atoms with Gasteiger partial charge in [0.25, 0.3) is 0 Å². The van der Waals surface area contributed by atoms with Crippen LogP contribution in [0.4, 0.5) is 0 Å². The molecule has 0 saturated carbocycles. The Bertz CT molecular complexity index is 651. The van der Waals surface area contributed by atoms with Crippen LogP contribution in [0.25, 0.3) is 10.9 Å². The average Bonchev–Trinajstić information content (AvgIpc) is 2.73. The third kappa shape index (κ3) is 4.02. The number of benzene rings is 1. The van der Waals surface area contributed by atoms with Crippen LogP contribution in [0.15, 0.2) is 10.7 Å². The second kappa shape index (κ2) is 8.53. The lowest BCUT2D eigenvalue weighted by atomic mass is 10.1. The zero-order chi connectivity index (χ0) is 16.9. The first-order chi connectivity index (χ1) is 10.5. The van der Waals surface area contributed by atoms with Gasteiger partial charge in [-0.3, -0.25) is 9.48 Å². The predicted octanol–water partition coefficient (Wildman–Crippen LogP) is 4.48. The number of carbonyl (C=O) groups is 1. The Morgan fingerprint density at radius 2 is 1.86 bits per heavy atom. The SMILES string of the molecule is CC.Cc1c(Cl)cc2c(Br)nn(C)c2c1C.O=CN1CCC1. The van der Waals surface area contributed by atoms with Crippen molar-refractivity contribution in [2.75, 3.05) is 13.1 Å². The second-order valence-electron chi connectivity index (χ2n) is 4.91. The van der Waals surface area contributed by atoms with Crippen molar-refractivity contribution >= 4 is 44.8 Å². The van der Waals surface area contributed by atoms with E-state index in [4.69, 9.17) is 11.6 Å². The number of likely N-dealkylation sites (tertiary alicyclic amines) is 1. The largest absolute Gasteiger partial charge is 0.345 e. The number of hydrogen-bond acceptors (Lipinski definition) is 2. The molecule has 122 valence electrons. The van der Waals surface area contributed by atoms with Crippen LogP contribution < -0.4 is 0 Å². The number of rotatable bonds is 1. The molecule has 6 heteroatoms. The second-order valence-corrected chi connectivity index (χ2v) is 6.07. The summed E-state index contributed by atoms with van der Waals surface area (Å²) in [5.74, 6) is 0. The minimum absolute atomic E-state index is 0.795. The van der Waals surface area contributed by atoms with E-state index in [0.29, 0.717) is 0 Å². The summed E-state index contributed by atoms with van der Waals surface area (Å²) >= 11 is 9.54. The number of aryl methyl sites for hydroxylation is 2. The highest BCUT2D eigenvalue weighted by Gasteiger charge is 2.12. The van der Waals surface area contributed by atoms with Gasteiger partial charge in [0.2, 0.25) is 6.41 Å². The van der Waals surface area contributed by atoms with Crippen LogP contribution in [-0.2, 0) is 11.8 Å². The van der Waals surface area contributed by atoms with Crippen molar-refractivity contribution in [2.45, 2.75) is 34.1 Å². The lowest BCUT2D eigenvalue weighted by Crippen LogP contribution is -2.35. The molecule has 1 aliphatic heterocycles. The van der Waals surface area contributed by atoms with Crippen LogP contribution in [0.3, 0.4) is 0 Å². The number of aromatic nitrogens is 2. The Balaban J connectivity index is 0.000000253. The zero-order valence-electron chi connectivity index (χ0n) is 13.8. The van der Waals surface area contributed by atoms with Gasteiger partial charge >= 0.3 is 0 Å². The summed E-state index contributed by atoms with van der Waals surface area (Å²) < 4.78 is 2.72. The van der Waals surface area contributed by atoms with E-state index < -0.39 is 0 Å². The van der Waals surface area contributed by atoms with Crippen molar-refractivity contribution in [1.82, 2.24) is 14.7 Å². The number of carbonyl (C=O) groups excluding carboxylic acids is 1. The topological polar surface area (TPSA) is 38.1 Å². The molecule has 0 bridgehead atoms. The van der Waals surface area contributed by atoms with E-state index in [1.54, 1.807) is 4.90 Å². The highest BCUT2D eigenvalue weighted by atomic mass is 79.9. The quantitative estimate of drug-likeness (QED) is 0.675. The summed E-state index contributed by atoms with van der Waals surface area (Å²) in [6.07, 6.45) is 2.09. The summed E-state index contributed by atoms with van der Waals surface area (Å²) in [6.45, 7) is 10.0. The number of fused-ring (bicyclic) bond motifs is 1. The fourth-order valence-electron chi connectivity index (χ4n) is 2.12. The lowest BCUT2D eigenvalue weighted by Gasteiger charge is -2.25. The molecule has 4 nitrogen and oxygen atoms in total. The zero-order valence-corrected chi connectivity index (χ0v) is 16.1. The maximum absolute atomic E-state index is 9.71. The third-order valence-electron chi connectivity index (χ3n) is 3.63. The molecule has 0 radical (unpaired) electrons. The first-order valence-corrected chi connectivity index (χ1v) is 8.60. The van der Waals surface area contributed by atoms with Crippen molar-refractivity contribution in [2.24, 2.45) is 7.05 Å². The molecule has 1 fully saturated rings. The molecule has 0 unspecified atom stereocenters. The fraction of sp³-hybridized carbons (Fsp3) is 0.500. The maximum Gasteiger partial charge on any atom is 0.209 e. The molecule has 1 saturated heterocycles. The standard InChI is InChI=1S/C10H10BrClN2.C4H7NO.C2H6/c1-5-6(2)9-7(4-8(5)12)10(11)13-14(9)3;6-4-5-2-1-3-5;1-2/h4H,1-3H3;4H,1-3H2;1-2H3. The minimum atomic E-state index is 0.795. The van der Waals surface area contributed by atoms with E-state index in [1.165, 1.54) is 12.0 Å². The van der Waals surface area contributed by atoms with Crippen LogP contribution in [0, 0.1) is 13.8 Å². The van der Waals surface area contributed by atoms with Gasteiger partial charge in [-0.1, -0.05) is 25.4 Å². The van der Waals surface area contributed by atoms with Crippen molar-refractivity contribution < 1.29 is 4.79 Å². The van der Waals surface area contributed by atoms with Crippen molar-refractivity contribution in [3.63, 3.8) is 0 Å². The Morgan fingerprint density at radius 3 is 2.27 bits per heavy atom. The lowest BCUT2D eigenvalue weighted by molar-refractivity contribution is -0.121. The number of hydrogen-bond donors (Lipinski definition) is 0. The van der Waals surface area contributed by atoms with Crippen molar-refractivity contribution in [3.05, 3.63) is 26.8 Å². The molecule has 0 atom stereocenters. The van der Waals surface area contributed by atoms with Gasteiger partial charge in [-0.15, -0.1) is 0 Å². The molecule has 0 aliphatic carbocycles. The van der Waals surface area contributed by atoms with Crippen molar-refractivity contribution in [3.8, 4) is 0 Å². The molecule has 0 N–H and O–H groups in total. The maximum atomic E-state index is 9.71. The predicted molar refractivity (Wildman–Crippen MR) is 96.5 cm³/mol. The minimum Gasteiger partial charge on any atom is -0.345 e. The van der Waals surface area contributed by atoms with Gasteiger partial charge in [0.05, 0.1) is 5.52 Å². The fourth-order valence-corrected chi connectivity index (χ4v) is 2.91. The summed E-state index contributed by atoms with van der Waals surface area (Å²) in [5.41, 5.74) is 3.45. The Kier molecular flexibility index (Phi) is 7.36.